The summed E-state index contributed by atoms with van der Waals surface area (Å²) in [6.45, 7) is 7.44. The predicted molar refractivity (Wildman–Crippen MR) is 78.5 cm³/mol. The van der Waals surface area contributed by atoms with Gasteiger partial charge in [0, 0.05) is 24.6 Å². The van der Waals surface area contributed by atoms with Crippen LogP contribution in [0.25, 0.3) is 0 Å². The van der Waals surface area contributed by atoms with Gasteiger partial charge in [0.15, 0.2) is 0 Å². The van der Waals surface area contributed by atoms with Gasteiger partial charge in [-0.15, -0.1) is 11.3 Å². The maximum absolute atomic E-state index is 5.83. The molecule has 0 aromatic carbocycles. The molecule has 0 unspecified atom stereocenters. The van der Waals surface area contributed by atoms with Gasteiger partial charge in [-0.25, -0.2) is 4.98 Å². The fourth-order valence-corrected chi connectivity index (χ4v) is 4.42. The molecular weight excluding hydrogens is 256 g/mol. The number of hydrogen-bond acceptors (Lipinski definition) is 4. The van der Waals surface area contributed by atoms with E-state index in [1.165, 1.54) is 41.3 Å². The highest BCUT2D eigenvalue weighted by atomic mass is 32.1. The predicted octanol–water partition coefficient (Wildman–Crippen LogP) is 2.78. The molecular formula is C15H24N2OS. The Morgan fingerprint density at radius 3 is 3.11 bits per heavy atom. The number of aromatic nitrogens is 1. The lowest BCUT2D eigenvalue weighted by atomic mass is 9.93. The maximum Gasteiger partial charge on any atom is 0.107 e. The van der Waals surface area contributed by atoms with Crippen LogP contribution in [0.5, 0.6) is 0 Å². The summed E-state index contributed by atoms with van der Waals surface area (Å²) in [6.07, 6.45) is 5.38. The molecule has 3 nitrogen and oxygen atoms in total. The number of thiazole rings is 1. The molecule has 0 amide bonds. The number of hydrogen-bond donors (Lipinski definition) is 1. The molecule has 1 aliphatic carbocycles. The first kappa shape index (κ1) is 13.5. The molecule has 1 aromatic rings. The van der Waals surface area contributed by atoms with Crippen LogP contribution in [0.2, 0.25) is 0 Å². The summed E-state index contributed by atoms with van der Waals surface area (Å²) in [5.74, 6) is 1.30. The smallest absolute Gasteiger partial charge is 0.107 e. The molecule has 106 valence electrons. The van der Waals surface area contributed by atoms with Crippen LogP contribution in [0, 0.1) is 11.8 Å². The molecule has 1 aliphatic heterocycles. The first-order valence-electron chi connectivity index (χ1n) is 7.54. The van der Waals surface area contributed by atoms with E-state index in [9.17, 15) is 0 Å². The SMILES string of the molecule is CC(C)[C@H]1OCC[C@@H]1CNCc1nc2c(s1)CCC2. The van der Waals surface area contributed by atoms with Crippen LogP contribution in [0.3, 0.4) is 0 Å². The normalized spacial score (nSPS) is 26.3. The summed E-state index contributed by atoms with van der Waals surface area (Å²) in [7, 11) is 0. The molecule has 3 rings (SSSR count). The van der Waals surface area contributed by atoms with E-state index < -0.39 is 0 Å². The molecule has 0 bridgehead atoms. The zero-order chi connectivity index (χ0) is 13.2. The summed E-state index contributed by atoms with van der Waals surface area (Å²) < 4.78 is 5.83. The highest BCUT2D eigenvalue weighted by Crippen LogP contribution is 2.28. The molecule has 0 spiro atoms. The largest absolute Gasteiger partial charge is 0.378 e. The number of aryl methyl sites for hydroxylation is 2. The molecule has 1 aromatic heterocycles. The van der Waals surface area contributed by atoms with Gasteiger partial charge in [-0.1, -0.05) is 13.8 Å². The van der Waals surface area contributed by atoms with Crippen molar-refractivity contribution < 1.29 is 4.74 Å². The van der Waals surface area contributed by atoms with E-state index in [1.807, 2.05) is 11.3 Å². The van der Waals surface area contributed by atoms with Gasteiger partial charge in [0.2, 0.25) is 0 Å². The lowest BCUT2D eigenvalue weighted by molar-refractivity contribution is 0.0539. The topological polar surface area (TPSA) is 34.1 Å². The van der Waals surface area contributed by atoms with Crippen LogP contribution >= 0.6 is 11.3 Å². The zero-order valence-corrected chi connectivity index (χ0v) is 12.8. The molecule has 2 atom stereocenters. The van der Waals surface area contributed by atoms with Gasteiger partial charge >= 0.3 is 0 Å². The fourth-order valence-electron chi connectivity index (χ4n) is 3.29. The van der Waals surface area contributed by atoms with Crippen LogP contribution in [0.4, 0.5) is 0 Å². The minimum absolute atomic E-state index is 0.439. The van der Waals surface area contributed by atoms with E-state index >= 15 is 0 Å². The van der Waals surface area contributed by atoms with E-state index in [4.69, 9.17) is 9.72 Å². The van der Waals surface area contributed by atoms with Crippen molar-refractivity contribution >= 4 is 11.3 Å². The second-order valence-electron chi connectivity index (χ2n) is 6.09. The van der Waals surface area contributed by atoms with E-state index in [0.29, 0.717) is 17.9 Å². The summed E-state index contributed by atoms with van der Waals surface area (Å²) in [5.41, 5.74) is 1.37. The molecule has 4 heteroatoms. The third-order valence-corrected chi connectivity index (χ3v) is 5.40. The second-order valence-corrected chi connectivity index (χ2v) is 7.26. The van der Waals surface area contributed by atoms with E-state index in [0.717, 1.165) is 19.7 Å². The van der Waals surface area contributed by atoms with Crippen LogP contribution in [0.15, 0.2) is 0 Å². The van der Waals surface area contributed by atoms with Gasteiger partial charge in [0.25, 0.3) is 0 Å². The molecule has 19 heavy (non-hydrogen) atoms. The highest BCUT2D eigenvalue weighted by molar-refractivity contribution is 7.11. The summed E-state index contributed by atoms with van der Waals surface area (Å²) in [4.78, 5) is 6.26. The minimum atomic E-state index is 0.439. The monoisotopic (exact) mass is 280 g/mol. The number of rotatable bonds is 5. The van der Waals surface area contributed by atoms with Crippen LogP contribution in [0.1, 0.15) is 42.3 Å². The third kappa shape index (κ3) is 3.01. The average molecular weight is 280 g/mol. The molecule has 2 heterocycles. The van der Waals surface area contributed by atoms with Crippen molar-refractivity contribution in [3.05, 3.63) is 15.6 Å². The van der Waals surface area contributed by atoms with Gasteiger partial charge in [-0.2, -0.15) is 0 Å². The standard InChI is InChI=1S/C15H24N2OS/c1-10(2)15-11(6-7-18-15)8-16-9-14-17-12-4-3-5-13(12)19-14/h10-11,15-16H,3-9H2,1-2H3/t11-,15-/m1/s1. The van der Waals surface area contributed by atoms with Gasteiger partial charge in [0.05, 0.1) is 11.8 Å². The van der Waals surface area contributed by atoms with Crippen molar-refractivity contribution in [2.45, 2.75) is 52.2 Å². The third-order valence-electron chi connectivity index (χ3n) is 4.24. The van der Waals surface area contributed by atoms with E-state index in [1.54, 1.807) is 0 Å². The summed E-state index contributed by atoms with van der Waals surface area (Å²) in [5, 5.41) is 4.85. The maximum atomic E-state index is 5.83. The number of nitrogens with one attached hydrogen (secondary N) is 1. The summed E-state index contributed by atoms with van der Waals surface area (Å²) in [6, 6.07) is 0. The number of nitrogens with zero attached hydrogens (tertiary/aromatic N) is 1. The quantitative estimate of drug-likeness (QED) is 0.900. The lowest BCUT2D eigenvalue weighted by Crippen LogP contribution is -2.31. The molecule has 1 N–H and O–H groups in total. The Hall–Kier alpha value is -0.450. The molecule has 0 radical (unpaired) electrons. The van der Waals surface area contributed by atoms with Crippen molar-refractivity contribution in [1.82, 2.24) is 10.3 Å². The van der Waals surface area contributed by atoms with Crippen LogP contribution < -0.4 is 5.32 Å². The van der Waals surface area contributed by atoms with Crippen molar-refractivity contribution in [3.8, 4) is 0 Å². The van der Waals surface area contributed by atoms with E-state index in [2.05, 4.69) is 19.2 Å². The number of ether oxygens (including phenoxy) is 1. The van der Waals surface area contributed by atoms with Crippen molar-refractivity contribution in [3.63, 3.8) is 0 Å². The van der Waals surface area contributed by atoms with Gasteiger partial charge < -0.3 is 10.1 Å². The highest BCUT2D eigenvalue weighted by Gasteiger charge is 2.30. The average Bonchev–Trinajstić information content (AvgIpc) is 3.02. The zero-order valence-electron chi connectivity index (χ0n) is 11.9. The Bertz CT molecular complexity index is 408. The Morgan fingerprint density at radius 2 is 2.32 bits per heavy atom. The fraction of sp³-hybridized carbons (Fsp3) is 0.800. The molecule has 1 fully saturated rings. The van der Waals surface area contributed by atoms with Crippen molar-refractivity contribution in [1.29, 1.82) is 0 Å². The Labute approximate surface area is 119 Å². The van der Waals surface area contributed by atoms with Gasteiger partial charge in [0.1, 0.15) is 5.01 Å². The molecule has 2 aliphatic rings. The summed E-state index contributed by atoms with van der Waals surface area (Å²) >= 11 is 1.91. The Morgan fingerprint density at radius 1 is 1.42 bits per heavy atom. The van der Waals surface area contributed by atoms with Gasteiger partial charge in [-0.3, -0.25) is 0 Å². The van der Waals surface area contributed by atoms with Crippen molar-refractivity contribution in [2.24, 2.45) is 11.8 Å². The minimum Gasteiger partial charge on any atom is -0.378 e. The lowest BCUT2D eigenvalue weighted by Gasteiger charge is -2.22. The first-order valence-corrected chi connectivity index (χ1v) is 8.35. The van der Waals surface area contributed by atoms with Crippen LogP contribution in [-0.4, -0.2) is 24.2 Å². The van der Waals surface area contributed by atoms with Crippen molar-refractivity contribution in [2.75, 3.05) is 13.2 Å². The van der Waals surface area contributed by atoms with E-state index in [-0.39, 0.29) is 0 Å². The second kappa shape index (κ2) is 5.90. The Kier molecular flexibility index (Phi) is 4.20. The first-order chi connectivity index (χ1) is 9.24. The molecule has 1 saturated heterocycles. The number of fused-ring (bicyclic) bond motifs is 1. The van der Waals surface area contributed by atoms with Gasteiger partial charge in [-0.05, 0) is 37.5 Å². The molecule has 0 saturated carbocycles. The van der Waals surface area contributed by atoms with Crippen LogP contribution in [-0.2, 0) is 24.1 Å². The Balaban J connectivity index is 1.47.